The van der Waals surface area contributed by atoms with Gasteiger partial charge in [0.25, 0.3) is 15.6 Å². The highest BCUT2D eigenvalue weighted by molar-refractivity contribution is 6.76. The summed E-state index contributed by atoms with van der Waals surface area (Å²) in [6.45, 7) is 4.27. The molecule has 0 fully saturated rings. The summed E-state index contributed by atoms with van der Waals surface area (Å²) in [6, 6.07) is 4.93. The van der Waals surface area contributed by atoms with Crippen molar-refractivity contribution in [2.45, 2.75) is 30.2 Å². The molecule has 1 aliphatic heterocycles. The van der Waals surface area contributed by atoms with Gasteiger partial charge in [-0.3, -0.25) is 9.59 Å². The van der Waals surface area contributed by atoms with Crippen molar-refractivity contribution < 1.29 is 14.3 Å². The zero-order valence-electron chi connectivity index (χ0n) is 12.0. The molecule has 22 heavy (non-hydrogen) atoms. The van der Waals surface area contributed by atoms with E-state index in [9.17, 15) is 9.59 Å². The Labute approximate surface area is 143 Å². The molecule has 0 aromatic heterocycles. The quantitative estimate of drug-likeness (QED) is 0.834. The van der Waals surface area contributed by atoms with E-state index in [0.29, 0.717) is 23.7 Å². The highest BCUT2D eigenvalue weighted by Gasteiger charge is 2.33. The molecule has 2 rings (SSSR count). The van der Waals surface area contributed by atoms with Crippen LogP contribution in [0.5, 0.6) is 5.75 Å². The van der Waals surface area contributed by atoms with Crippen LogP contribution in [0.15, 0.2) is 18.2 Å². The minimum absolute atomic E-state index is 0.0903. The number of amides is 2. The van der Waals surface area contributed by atoms with Crippen LogP contribution in [0, 0.1) is 0 Å². The van der Waals surface area contributed by atoms with Gasteiger partial charge in [0.05, 0.1) is 5.69 Å². The Bertz CT molecular complexity index is 601. The average Bonchev–Trinajstić information content (AvgIpc) is 2.42. The summed E-state index contributed by atoms with van der Waals surface area (Å²) in [6.07, 6.45) is 0.238. The summed E-state index contributed by atoms with van der Waals surface area (Å²) in [5.74, 6) is -0.349. The minimum atomic E-state index is -2.05. The van der Waals surface area contributed by atoms with E-state index in [4.69, 9.17) is 39.5 Å². The van der Waals surface area contributed by atoms with Crippen LogP contribution in [-0.4, -0.2) is 28.3 Å². The second-order valence-corrected chi connectivity index (χ2v) is 7.17. The van der Waals surface area contributed by atoms with E-state index in [1.54, 1.807) is 30.0 Å². The molecule has 0 bridgehead atoms. The first-order chi connectivity index (χ1) is 10.2. The standard InChI is InChI=1S/C14H15Cl3N2O3/c1-3-6-19-10-5-4-9(18-13(21)14(15,16)17)7-11(10)22-8(2)12(19)20/h4-5,7-8H,3,6H2,1-2H3,(H,18,21). The molecular weight excluding hydrogens is 351 g/mol. The smallest absolute Gasteiger partial charge is 0.276 e. The minimum Gasteiger partial charge on any atom is -0.479 e. The van der Waals surface area contributed by atoms with Gasteiger partial charge in [-0.15, -0.1) is 0 Å². The lowest BCUT2D eigenvalue weighted by Crippen LogP contribution is -2.44. The Morgan fingerprint density at radius 1 is 1.41 bits per heavy atom. The third-order valence-electron chi connectivity index (χ3n) is 3.13. The third kappa shape index (κ3) is 3.59. The predicted octanol–water partition coefficient (Wildman–Crippen LogP) is 3.52. The van der Waals surface area contributed by atoms with Gasteiger partial charge < -0.3 is 15.0 Å². The number of hydrogen-bond acceptors (Lipinski definition) is 3. The van der Waals surface area contributed by atoms with Gasteiger partial charge in [-0.2, -0.15) is 0 Å². The molecule has 1 N–H and O–H groups in total. The number of alkyl halides is 3. The summed E-state index contributed by atoms with van der Waals surface area (Å²) in [5, 5.41) is 2.49. The molecule has 1 aromatic carbocycles. The van der Waals surface area contributed by atoms with Gasteiger partial charge >= 0.3 is 0 Å². The second kappa shape index (κ2) is 6.52. The van der Waals surface area contributed by atoms with Gasteiger partial charge in [0.15, 0.2) is 6.10 Å². The van der Waals surface area contributed by atoms with E-state index in [1.165, 1.54) is 0 Å². The number of carbonyl (C=O) groups excluding carboxylic acids is 2. The van der Waals surface area contributed by atoms with Crippen LogP contribution in [-0.2, 0) is 9.59 Å². The van der Waals surface area contributed by atoms with Crippen LogP contribution >= 0.6 is 34.8 Å². The summed E-state index contributed by atoms with van der Waals surface area (Å²) in [5.41, 5.74) is 1.09. The first-order valence-corrected chi connectivity index (χ1v) is 7.87. The van der Waals surface area contributed by atoms with Gasteiger partial charge in [-0.25, -0.2) is 0 Å². The Morgan fingerprint density at radius 2 is 2.09 bits per heavy atom. The van der Waals surface area contributed by atoms with Crippen LogP contribution in [0.4, 0.5) is 11.4 Å². The molecule has 0 aliphatic carbocycles. The number of ether oxygens (including phenoxy) is 1. The molecular formula is C14H15Cl3N2O3. The molecule has 1 atom stereocenters. The van der Waals surface area contributed by atoms with E-state index in [1.807, 2.05) is 6.92 Å². The number of rotatable bonds is 3. The Morgan fingerprint density at radius 3 is 2.68 bits per heavy atom. The van der Waals surface area contributed by atoms with Crippen molar-refractivity contribution in [3.8, 4) is 5.75 Å². The largest absolute Gasteiger partial charge is 0.479 e. The van der Waals surface area contributed by atoms with E-state index in [2.05, 4.69) is 5.32 Å². The maximum Gasteiger partial charge on any atom is 0.276 e. The zero-order valence-corrected chi connectivity index (χ0v) is 14.3. The number of anilines is 2. The molecule has 0 saturated heterocycles. The van der Waals surface area contributed by atoms with E-state index < -0.39 is 15.8 Å². The van der Waals surface area contributed by atoms with Crippen LogP contribution in [0.1, 0.15) is 20.3 Å². The highest BCUT2D eigenvalue weighted by atomic mass is 35.6. The van der Waals surface area contributed by atoms with Crippen molar-refractivity contribution >= 4 is 58.0 Å². The number of carbonyl (C=O) groups is 2. The number of hydrogen-bond donors (Lipinski definition) is 1. The van der Waals surface area contributed by atoms with Crippen molar-refractivity contribution in [1.29, 1.82) is 0 Å². The van der Waals surface area contributed by atoms with Gasteiger partial charge in [0.2, 0.25) is 0 Å². The Balaban J connectivity index is 2.29. The SMILES string of the molecule is CCCN1C(=O)C(C)Oc2cc(NC(=O)C(Cl)(Cl)Cl)ccc21. The second-order valence-electron chi connectivity index (χ2n) is 4.88. The topological polar surface area (TPSA) is 58.6 Å². The molecule has 5 nitrogen and oxygen atoms in total. The third-order valence-corrected chi connectivity index (χ3v) is 3.65. The van der Waals surface area contributed by atoms with Crippen molar-refractivity contribution in [1.82, 2.24) is 0 Å². The maximum absolute atomic E-state index is 12.2. The van der Waals surface area contributed by atoms with Gasteiger partial charge in [0, 0.05) is 18.3 Å². The first kappa shape index (κ1) is 17.2. The van der Waals surface area contributed by atoms with E-state index in [-0.39, 0.29) is 5.91 Å². The van der Waals surface area contributed by atoms with Crippen molar-refractivity contribution in [3.63, 3.8) is 0 Å². The number of nitrogens with one attached hydrogen (secondary N) is 1. The predicted molar refractivity (Wildman–Crippen MR) is 88.1 cm³/mol. The molecule has 2 amide bonds. The lowest BCUT2D eigenvalue weighted by atomic mass is 10.1. The fourth-order valence-corrected chi connectivity index (χ4v) is 2.29. The fraction of sp³-hybridized carbons (Fsp3) is 0.429. The molecule has 1 unspecified atom stereocenters. The Kier molecular flexibility index (Phi) is 5.10. The molecule has 1 heterocycles. The van der Waals surface area contributed by atoms with Crippen molar-refractivity contribution in [2.75, 3.05) is 16.8 Å². The molecule has 8 heteroatoms. The summed E-state index contributed by atoms with van der Waals surface area (Å²) >= 11 is 16.6. The van der Waals surface area contributed by atoms with Crippen molar-refractivity contribution in [2.24, 2.45) is 0 Å². The number of nitrogens with zero attached hydrogens (tertiary/aromatic N) is 1. The fourth-order valence-electron chi connectivity index (χ4n) is 2.14. The summed E-state index contributed by atoms with van der Waals surface area (Å²) in [7, 11) is 0. The summed E-state index contributed by atoms with van der Waals surface area (Å²) in [4.78, 5) is 25.5. The van der Waals surface area contributed by atoms with E-state index >= 15 is 0 Å². The van der Waals surface area contributed by atoms with Crippen LogP contribution < -0.4 is 15.0 Å². The van der Waals surface area contributed by atoms with Gasteiger partial charge in [-0.1, -0.05) is 41.7 Å². The van der Waals surface area contributed by atoms with Crippen LogP contribution in [0.2, 0.25) is 0 Å². The van der Waals surface area contributed by atoms with Crippen LogP contribution in [0.25, 0.3) is 0 Å². The molecule has 0 saturated carbocycles. The zero-order chi connectivity index (χ0) is 16.5. The summed E-state index contributed by atoms with van der Waals surface area (Å²) < 4.78 is 3.54. The van der Waals surface area contributed by atoms with Gasteiger partial charge in [-0.05, 0) is 25.5 Å². The van der Waals surface area contributed by atoms with Crippen LogP contribution in [0.3, 0.4) is 0 Å². The molecule has 1 aromatic rings. The number of benzene rings is 1. The van der Waals surface area contributed by atoms with Crippen molar-refractivity contribution in [3.05, 3.63) is 18.2 Å². The lowest BCUT2D eigenvalue weighted by Gasteiger charge is -2.33. The van der Waals surface area contributed by atoms with Gasteiger partial charge in [0.1, 0.15) is 5.75 Å². The first-order valence-electron chi connectivity index (χ1n) is 6.74. The lowest BCUT2D eigenvalue weighted by molar-refractivity contribution is -0.125. The number of fused-ring (bicyclic) bond motifs is 1. The maximum atomic E-state index is 12.2. The molecule has 0 radical (unpaired) electrons. The van der Waals surface area contributed by atoms with E-state index in [0.717, 1.165) is 6.42 Å². The Hall–Kier alpha value is -1.17. The molecule has 0 spiro atoms. The number of halogens is 3. The normalized spacial score (nSPS) is 17.8. The highest BCUT2D eigenvalue weighted by Crippen LogP contribution is 2.37. The monoisotopic (exact) mass is 364 g/mol. The molecule has 1 aliphatic rings. The molecule has 120 valence electrons. The average molecular weight is 366 g/mol.